The van der Waals surface area contributed by atoms with Gasteiger partial charge in [0, 0.05) is 13.1 Å². The van der Waals surface area contributed by atoms with Crippen molar-refractivity contribution in [2.45, 2.75) is 13.0 Å². The van der Waals surface area contributed by atoms with E-state index in [-0.39, 0.29) is 5.75 Å². The Hall–Kier alpha value is -2.20. The number of aromatic hydroxyl groups is 1. The zero-order valence-corrected chi connectivity index (χ0v) is 12.3. The first-order valence-electron chi connectivity index (χ1n) is 7.10. The predicted octanol–water partition coefficient (Wildman–Crippen LogP) is 2.76. The standard InChI is InChI=1S/C17H22N2O2/c1-21-17-6-3-2-5-16(17)19(12-4-11-18)13-14-7-9-15(20)10-8-14/h2-3,5-10,20H,4,11-13,18H2,1H3. The minimum atomic E-state index is 0.282. The number of rotatable bonds is 7. The molecule has 4 heteroatoms. The van der Waals surface area contributed by atoms with Crippen molar-refractivity contribution in [1.29, 1.82) is 0 Å². The Labute approximate surface area is 125 Å². The number of hydrogen-bond acceptors (Lipinski definition) is 4. The van der Waals surface area contributed by atoms with Crippen molar-refractivity contribution >= 4 is 5.69 Å². The molecule has 0 radical (unpaired) electrons. The van der Waals surface area contributed by atoms with Crippen molar-refractivity contribution in [3.8, 4) is 11.5 Å². The van der Waals surface area contributed by atoms with Gasteiger partial charge in [0.25, 0.3) is 0 Å². The highest BCUT2D eigenvalue weighted by atomic mass is 16.5. The molecule has 0 saturated carbocycles. The van der Waals surface area contributed by atoms with E-state index in [0.717, 1.165) is 36.5 Å². The topological polar surface area (TPSA) is 58.7 Å². The lowest BCUT2D eigenvalue weighted by Gasteiger charge is -2.26. The number of para-hydroxylation sites is 2. The van der Waals surface area contributed by atoms with E-state index >= 15 is 0 Å². The van der Waals surface area contributed by atoms with E-state index in [1.807, 2.05) is 30.3 Å². The minimum Gasteiger partial charge on any atom is -0.508 e. The van der Waals surface area contributed by atoms with E-state index in [0.29, 0.717) is 6.54 Å². The Morgan fingerprint density at radius 3 is 2.48 bits per heavy atom. The van der Waals surface area contributed by atoms with Crippen LogP contribution in [0.4, 0.5) is 5.69 Å². The molecule has 0 aliphatic rings. The number of benzene rings is 2. The molecule has 0 aliphatic carbocycles. The number of anilines is 1. The van der Waals surface area contributed by atoms with Crippen LogP contribution in [0.5, 0.6) is 11.5 Å². The number of nitrogens with two attached hydrogens (primary N) is 1. The van der Waals surface area contributed by atoms with Gasteiger partial charge in [0.2, 0.25) is 0 Å². The molecule has 0 saturated heterocycles. The molecule has 0 aromatic heterocycles. The fourth-order valence-electron chi connectivity index (χ4n) is 2.28. The molecule has 0 heterocycles. The molecule has 0 bridgehead atoms. The van der Waals surface area contributed by atoms with Crippen LogP contribution < -0.4 is 15.4 Å². The van der Waals surface area contributed by atoms with Crippen molar-refractivity contribution in [3.63, 3.8) is 0 Å². The second-order valence-electron chi connectivity index (χ2n) is 4.90. The molecule has 2 rings (SSSR count). The van der Waals surface area contributed by atoms with Crippen LogP contribution in [-0.2, 0) is 6.54 Å². The Bertz CT molecular complexity index is 555. The summed E-state index contributed by atoms with van der Waals surface area (Å²) in [6.45, 7) is 2.26. The molecule has 3 N–H and O–H groups in total. The Kier molecular flexibility index (Phi) is 5.46. The van der Waals surface area contributed by atoms with Crippen molar-refractivity contribution in [2.75, 3.05) is 25.1 Å². The highest BCUT2D eigenvalue weighted by molar-refractivity contribution is 5.58. The van der Waals surface area contributed by atoms with Gasteiger partial charge in [0.15, 0.2) is 0 Å². The van der Waals surface area contributed by atoms with Crippen LogP contribution in [0.15, 0.2) is 48.5 Å². The van der Waals surface area contributed by atoms with Crippen LogP contribution in [0.25, 0.3) is 0 Å². The maximum atomic E-state index is 9.38. The van der Waals surface area contributed by atoms with E-state index in [9.17, 15) is 5.11 Å². The first-order chi connectivity index (χ1) is 10.2. The summed E-state index contributed by atoms with van der Waals surface area (Å²) in [6, 6.07) is 15.3. The van der Waals surface area contributed by atoms with Crippen molar-refractivity contribution < 1.29 is 9.84 Å². The maximum absolute atomic E-state index is 9.38. The molecule has 2 aromatic carbocycles. The van der Waals surface area contributed by atoms with Gasteiger partial charge in [-0.1, -0.05) is 24.3 Å². The highest BCUT2D eigenvalue weighted by Crippen LogP contribution is 2.29. The summed E-state index contributed by atoms with van der Waals surface area (Å²) < 4.78 is 5.45. The van der Waals surface area contributed by atoms with Crippen LogP contribution in [0, 0.1) is 0 Å². The lowest BCUT2D eigenvalue weighted by atomic mass is 10.1. The molecule has 0 fully saturated rings. The molecule has 0 amide bonds. The third-order valence-corrected chi connectivity index (χ3v) is 3.37. The Balaban J connectivity index is 2.23. The summed E-state index contributed by atoms with van der Waals surface area (Å²) in [5.74, 6) is 1.14. The van der Waals surface area contributed by atoms with Crippen LogP contribution in [-0.4, -0.2) is 25.3 Å². The third-order valence-electron chi connectivity index (χ3n) is 3.37. The molecule has 0 atom stereocenters. The van der Waals surface area contributed by atoms with E-state index in [2.05, 4.69) is 11.0 Å². The average molecular weight is 286 g/mol. The first-order valence-corrected chi connectivity index (χ1v) is 7.10. The van der Waals surface area contributed by atoms with Gasteiger partial charge in [0.1, 0.15) is 11.5 Å². The second kappa shape index (κ2) is 7.55. The lowest BCUT2D eigenvalue weighted by Crippen LogP contribution is -2.26. The highest BCUT2D eigenvalue weighted by Gasteiger charge is 2.11. The van der Waals surface area contributed by atoms with Crippen LogP contribution in [0.1, 0.15) is 12.0 Å². The van der Waals surface area contributed by atoms with Gasteiger partial charge in [-0.3, -0.25) is 0 Å². The SMILES string of the molecule is COc1ccccc1N(CCCN)Cc1ccc(O)cc1. The van der Waals surface area contributed by atoms with Crippen LogP contribution in [0.3, 0.4) is 0 Å². The van der Waals surface area contributed by atoms with Gasteiger partial charge < -0.3 is 20.5 Å². The largest absolute Gasteiger partial charge is 0.508 e. The van der Waals surface area contributed by atoms with Gasteiger partial charge in [0.05, 0.1) is 12.8 Å². The first kappa shape index (κ1) is 15.2. The summed E-state index contributed by atoms with van der Waals surface area (Å²) in [5.41, 5.74) is 7.84. The summed E-state index contributed by atoms with van der Waals surface area (Å²) in [6.07, 6.45) is 0.913. The van der Waals surface area contributed by atoms with Gasteiger partial charge in [-0.2, -0.15) is 0 Å². The molecule has 0 aliphatic heterocycles. The van der Waals surface area contributed by atoms with Crippen LogP contribution in [0.2, 0.25) is 0 Å². The smallest absolute Gasteiger partial charge is 0.142 e. The van der Waals surface area contributed by atoms with Gasteiger partial charge >= 0.3 is 0 Å². The number of methoxy groups -OCH3 is 1. The summed E-state index contributed by atoms with van der Waals surface area (Å²) in [7, 11) is 1.68. The second-order valence-corrected chi connectivity index (χ2v) is 4.90. The number of nitrogens with zero attached hydrogens (tertiary/aromatic N) is 1. The van der Waals surface area contributed by atoms with E-state index < -0.39 is 0 Å². The van der Waals surface area contributed by atoms with Crippen molar-refractivity contribution in [2.24, 2.45) is 5.73 Å². The molecular weight excluding hydrogens is 264 g/mol. The quantitative estimate of drug-likeness (QED) is 0.821. The molecule has 112 valence electrons. The summed E-state index contributed by atoms with van der Waals surface area (Å²) in [5, 5.41) is 9.38. The molecule has 21 heavy (non-hydrogen) atoms. The maximum Gasteiger partial charge on any atom is 0.142 e. The predicted molar refractivity (Wildman–Crippen MR) is 85.8 cm³/mol. The number of phenolic OH excluding ortho intramolecular Hbond substituents is 1. The van der Waals surface area contributed by atoms with Gasteiger partial charge in [-0.15, -0.1) is 0 Å². The molecule has 2 aromatic rings. The molecule has 4 nitrogen and oxygen atoms in total. The fraction of sp³-hybridized carbons (Fsp3) is 0.294. The number of ether oxygens (including phenoxy) is 1. The monoisotopic (exact) mass is 286 g/mol. The average Bonchev–Trinajstić information content (AvgIpc) is 2.53. The molecular formula is C17H22N2O2. The number of hydrogen-bond donors (Lipinski definition) is 2. The fourth-order valence-corrected chi connectivity index (χ4v) is 2.28. The minimum absolute atomic E-state index is 0.282. The number of phenols is 1. The van der Waals surface area contributed by atoms with Crippen LogP contribution >= 0.6 is 0 Å². The third kappa shape index (κ3) is 4.13. The normalized spacial score (nSPS) is 10.4. The Morgan fingerprint density at radius 1 is 1.10 bits per heavy atom. The van der Waals surface area contributed by atoms with Gasteiger partial charge in [-0.05, 0) is 42.8 Å². The zero-order chi connectivity index (χ0) is 15.1. The Morgan fingerprint density at radius 2 is 1.81 bits per heavy atom. The van der Waals surface area contributed by atoms with E-state index in [1.165, 1.54) is 0 Å². The molecule has 0 unspecified atom stereocenters. The molecule has 0 spiro atoms. The van der Waals surface area contributed by atoms with E-state index in [4.69, 9.17) is 10.5 Å². The van der Waals surface area contributed by atoms with Crippen molar-refractivity contribution in [3.05, 3.63) is 54.1 Å². The van der Waals surface area contributed by atoms with Gasteiger partial charge in [-0.25, -0.2) is 0 Å². The van der Waals surface area contributed by atoms with Crippen molar-refractivity contribution in [1.82, 2.24) is 0 Å². The lowest BCUT2D eigenvalue weighted by molar-refractivity contribution is 0.414. The zero-order valence-electron chi connectivity index (χ0n) is 12.3. The summed E-state index contributed by atoms with van der Waals surface area (Å²) in [4.78, 5) is 2.25. The summed E-state index contributed by atoms with van der Waals surface area (Å²) >= 11 is 0. The van der Waals surface area contributed by atoms with E-state index in [1.54, 1.807) is 19.2 Å².